The van der Waals surface area contributed by atoms with Crippen LogP contribution < -0.4 is 5.32 Å². The van der Waals surface area contributed by atoms with Crippen molar-refractivity contribution in [1.82, 2.24) is 5.32 Å². The number of alkyl halides is 3. The summed E-state index contributed by atoms with van der Waals surface area (Å²) >= 11 is 0. The molecule has 122 valence electrons. The van der Waals surface area contributed by atoms with E-state index in [-0.39, 0.29) is 5.56 Å². The van der Waals surface area contributed by atoms with Gasteiger partial charge in [-0.3, -0.25) is 4.79 Å². The van der Waals surface area contributed by atoms with E-state index in [1.54, 1.807) is 0 Å². The van der Waals surface area contributed by atoms with Gasteiger partial charge < -0.3 is 5.32 Å². The molecule has 0 bridgehead atoms. The molecule has 0 saturated carbocycles. The van der Waals surface area contributed by atoms with Gasteiger partial charge in [-0.05, 0) is 25.1 Å². The maximum absolute atomic E-state index is 13.7. The van der Waals surface area contributed by atoms with Crippen molar-refractivity contribution in [3.63, 3.8) is 0 Å². The van der Waals surface area contributed by atoms with E-state index >= 15 is 0 Å². The smallest absolute Gasteiger partial charge is 0.345 e. The maximum Gasteiger partial charge on any atom is 0.417 e. The Labute approximate surface area is 128 Å². The summed E-state index contributed by atoms with van der Waals surface area (Å²) in [5.41, 5.74) is -1.66. The molecule has 0 aromatic heterocycles. The van der Waals surface area contributed by atoms with Gasteiger partial charge in [-0.1, -0.05) is 18.2 Å². The second-order valence-corrected chi connectivity index (χ2v) is 4.90. The van der Waals surface area contributed by atoms with Gasteiger partial charge >= 0.3 is 6.18 Å². The summed E-state index contributed by atoms with van der Waals surface area (Å²) in [6, 6.07) is 6.14. The molecule has 0 spiro atoms. The molecule has 7 heteroatoms. The average Bonchev–Trinajstić information content (AvgIpc) is 2.46. The SMILES string of the molecule is CC(NC(=O)c1ccccc1C(F)(F)F)c1ccc(F)cc1F. The number of nitrogens with one attached hydrogen (secondary N) is 1. The molecule has 1 atom stereocenters. The Balaban J connectivity index is 2.26. The van der Waals surface area contributed by atoms with E-state index < -0.39 is 40.9 Å². The molecule has 0 heterocycles. The van der Waals surface area contributed by atoms with E-state index in [1.165, 1.54) is 19.1 Å². The molecule has 0 aliphatic rings. The van der Waals surface area contributed by atoms with Crippen molar-refractivity contribution in [2.24, 2.45) is 0 Å². The zero-order valence-electron chi connectivity index (χ0n) is 11.9. The van der Waals surface area contributed by atoms with Gasteiger partial charge in [0.25, 0.3) is 5.91 Å². The van der Waals surface area contributed by atoms with Crippen LogP contribution in [0.25, 0.3) is 0 Å². The zero-order valence-corrected chi connectivity index (χ0v) is 11.9. The fraction of sp³-hybridized carbons (Fsp3) is 0.188. The fourth-order valence-electron chi connectivity index (χ4n) is 2.13. The van der Waals surface area contributed by atoms with Crippen LogP contribution in [-0.2, 0) is 6.18 Å². The number of carbonyl (C=O) groups is 1. The number of rotatable bonds is 3. The van der Waals surface area contributed by atoms with Gasteiger partial charge in [-0.2, -0.15) is 13.2 Å². The van der Waals surface area contributed by atoms with Crippen molar-refractivity contribution in [2.75, 3.05) is 0 Å². The van der Waals surface area contributed by atoms with Gasteiger partial charge in [0.15, 0.2) is 0 Å². The van der Waals surface area contributed by atoms with Crippen molar-refractivity contribution in [3.8, 4) is 0 Å². The first kappa shape index (κ1) is 16.9. The highest BCUT2D eigenvalue weighted by atomic mass is 19.4. The lowest BCUT2D eigenvalue weighted by molar-refractivity contribution is -0.137. The monoisotopic (exact) mass is 329 g/mol. The normalized spacial score (nSPS) is 12.8. The van der Waals surface area contributed by atoms with E-state index in [0.717, 1.165) is 24.3 Å². The van der Waals surface area contributed by atoms with Crippen LogP contribution in [0.2, 0.25) is 0 Å². The Bertz CT molecular complexity index is 727. The van der Waals surface area contributed by atoms with Gasteiger partial charge in [-0.15, -0.1) is 0 Å². The standard InChI is InChI=1S/C16H12F5NO/c1-9(11-7-6-10(17)8-14(11)18)22-15(23)12-4-2-3-5-13(12)16(19,20)21/h2-9H,1H3,(H,22,23). The quantitative estimate of drug-likeness (QED) is 0.827. The predicted octanol–water partition coefficient (Wildman–Crippen LogP) is 4.47. The Hall–Kier alpha value is -2.44. The van der Waals surface area contributed by atoms with Crippen LogP contribution in [0.3, 0.4) is 0 Å². The molecule has 2 rings (SSSR count). The topological polar surface area (TPSA) is 29.1 Å². The van der Waals surface area contributed by atoms with Crippen LogP contribution in [0.15, 0.2) is 42.5 Å². The minimum Gasteiger partial charge on any atom is -0.345 e. The molecule has 0 radical (unpaired) electrons. The maximum atomic E-state index is 13.7. The highest BCUT2D eigenvalue weighted by Gasteiger charge is 2.35. The number of halogens is 5. The second-order valence-electron chi connectivity index (χ2n) is 4.90. The zero-order chi connectivity index (χ0) is 17.2. The van der Waals surface area contributed by atoms with Crippen molar-refractivity contribution in [3.05, 3.63) is 70.8 Å². The Morgan fingerprint density at radius 1 is 1.09 bits per heavy atom. The van der Waals surface area contributed by atoms with Crippen molar-refractivity contribution < 1.29 is 26.7 Å². The second kappa shape index (κ2) is 6.36. The molecule has 0 aliphatic carbocycles. The highest BCUT2D eigenvalue weighted by Crippen LogP contribution is 2.32. The Kier molecular flexibility index (Phi) is 4.68. The molecule has 0 saturated heterocycles. The minimum absolute atomic E-state index is 0.0239. The van der Waals surface area contributed by atoms with Crippen molar-refractivity contribution in [2.45, 2.75) is 19.1 Å². The summed E-state index contributed by atoms with van der Waals surface area (Å²) in [4.78, 5) is 12.1. The molecule has 2 aromatic rings. The average molecular weight is 329 g/mol. The van der Waals surface area contributed by atoms with Gasteiger partial charge in [0.05, 0.1) is 17.2 Å². The fourth-order valence-corrected chi connectivity index (χ4v) is 2.13. The number of hydrogen-bond acceptors (Lipinski definition) is 1. The van der Waals surface area contributed by atoms with E-state index in [9.17, 15) is 26.7 Å². The van der Waals surface area contributed by atoms with Crippen LogP contribution in [0.1, 0.15) is 34.5 Å². The summed E-state index contributed by atoms with van der Waals surface area (Å²) in [6.07, 6.45) is -4.68. The predicted molar refractivity (Wildman–Crippen MR) is 73.7 cm³/mol. The summed E-state index contributed by atoms with van der Waals surface area (Å²) in [7, 11) is 0. The van der Waals surface area contributed by atoms with E-state index in [0.29, 0.717) is 6.07 Å². The van der Waals surface area contributed by atoms with Crippen molar-refractivity contribution >= 4 is 5.91 Å². The molecule has 2 aromatic carbocycles. The first-order valence-corrected chi connectivity index (χ1v) is 6.62. The lowest BCUT2D eigenvalue weighted by atomic mass is 10.0. The van der Waals surface area contributed by atoms with Crippen molar-refractivity contribution in [1.29, 1.82) is 0 Å². The number of amides is 1. The largest absolute Gasteiger partial charge is 0.417 e. The minimum atomic E-state index is -4.68. The van der Waals surface area contributed by atoms with Crippen LogP contribution in [-0.4, -0.2) is 5.91 Å². The van der Waals surface area contributed by atoms with Gasteiger partial charge in [0.2, 0.25) is 0 Å². The molecule has 1 amide bonds. The first-order chi connectivity index (χ1) is 10.7. The lowest BCUT2D eigenvalue weighted by Gasteiger charge is -2.17. The number of benzene rings is 2. The molecular weight excluding hydrogens is 317 g/mol. The third kappa shape index (κ3) is 3.85. The van der Waals surface area contributed by atoms with Crippen LogP contribution in [0.5, 0.6) is 0 Å². The van der Waals surface area contributed by atoms with Crippen LogP contribution >= 0.6 is 0 Å². The number of carbonyl (C=O) groups excluding carboxylic acids is 1. The van der Waals surface area contributed by atoms with Gasteiger partial charge in [-0.25, -0.2) is 8.78 Å². The Morgan fingerprint density at radius 3 is 2.35 bits per heavy atom. The molecular formula is C16H12F5NO. The van der Waals surface area contributed by atoms with Crippen LogP contribution in [0, 0.1) is 11.6 Å². The lowest BCUT2D eigenvalue weighted by Crippen LogP contribution is -2.29. The summed E-state index contributed by atoms with van der Waals surface area (Å²) < 4.78 is 65.2. The van der Waals surface area contributed by atoms with Gasteiger partial charge in [0.1, 0.15) is 11.6 Å². The molecule has 1 N–H and O–H groups in total. The van der Waals surface area contributed by atoms with Gasteiger partial charge in [0, 0.05) is 11.6 Å². The third-order valence-corrected chi connectivity index (χ3v) is 3.25. The number of hydrogen-bond donors (Lipinski definition) is 1. The van der Waals surface area contributed by atoms with E-state index in [1.807, 2.05) is 0 Å². The van der Waals surface area contributed by atoms with E-state index in [2.05, 4.69) is 5.32 Å². The summed E-state index contributed by atoms with van der Waals surface area (Å²) in [6.45, 7) is 1.39. The molecule has 2 nitrogen and oxygen atoms in total. The molecule has 0 aliphatic heterocycles. The molecule has 0 fully saturated rings. The van der Waals surface area contributed by atoms with E-state index in [4.69, 9.17) is 0 Å². The highest BCUT2D eigenvalue weighted by molar-refractivity contribution is 5.96. The third-order valence-electron chi connectivity index (χ3n) is 3.25. The first-order valence-electron chi connectivity index (χ1n) is 6.62. The van der Waals surface area contributed by atoms with Crippen LogP contribution in [0.4, 0.5) is 22.0 Å². The molecule has 23 heavy (non-hydrogen) atoms. The molecule has 1 unspecified atom stereocenters. The summed E-state index contributed by atoms with van der Waals surface area (Å²) in [5, 5.41) is 2.28. The summed E-state index contributed by atoms with van der Waals surface area (Å²) in [5.74, 6) is -2.66. The Morgan fingerprint density at radius 2 is 1.74 bits per heavy atom.